The number of ether oxygens (including phenoxy) is 1. The van der Waals surface area contributed by atoms with Crippen LogP contribution in [0.4, 0.5) is 13.2 Å². The maximum atomic E-state index is 15.0. The first-order valence-corrected chi connectivity index (χ1v) is 11.8. The Balaban J connectivity index is 1.59. The molecule has 0 aliphatic carbocycles. The van der Waals surface area contributed by atoms with E-state index in [1.165, 1.54) is 38.4 Å². The van der Waals surface area contributed by atoms with Crippen molar-refractivity contribution in [2.75, 3.05) is 20.2 Å². The normalized spacial score (nSPS) is 15.3. The monoisotopic (exact) mass is 509 g/mol. The average molecular weight is 509 g/mol. The van der Waals surface area contributed by atoms with E-state index < -0.39 is 29.2 Å². The molecular weight excluding hydrogens is 487 g/mol. The maximum absolute atomic E-state index is 15.0. The Bertz CT molecular complexity index is 1710. The first-order chi connectivity index (χ1) is 18.0. The van der Waals surface area contributed by atoms with Crippen LogP contribution in [0.15, 0.2) is 47.7 Å². The molecule has 1 aliphatic rings. The highest BCUT2D eigenvalue weighted by Crippen LogP contribution is 2.39. The highest BCUT2D eigenvalue weighted by Gasteiger charge is 2.33. The molecule has 0 amide bonds. The molecule has 0 unspecified atom stereocenters. The molecule has 12 heteroatoms. The number of nitrogens with zero attached hydrogens (tertiary/aromatic N) is 6. The van der Waals surface area contributed by atoms with E-state index in [-0.39, 0.29) is 35.9 Å². The summed E-state index contributed by atoms with van der Waals surface area (Å²) in [5.74, 6) is -1.86. The quantitative estimate of drug-likeness (QED) is 0.353. The van der Waals surface area contributed by atoms with Gasteiger partial charge in [-0.1, -0.05) is 0 Å². The number of benzene rings is 2. The third-order valence-electron chi connectivity index (χ3n) is 6.60. The van der Waals surface area contributed by atoms with Gasteiger partial charge in [-0.15, -0.1) is 0 Å². The zero-order chi connectivity index (χ0) is 25.7. The van der Waals surface area contributed by atoms with Gasteiger partial charge in [-0.3, -0.25) is 13.7 Å². The first-order valence-electron chi connectivity index (χ1n) is 11.8. The van der Waals surface area contributed by atoms with Crippen molar-refractivity contribution in [1.82, 2.24) is 34.0 Å². The lowest BCUT2D eigenvalue weighted by atomic mass is 9.99. The second-order valence-electron chi connectivity index (χ2n) is 8.81. The molecule has 37 heavy (non-hydrogen) atoms. The zero-order valence-electron chi connectivity index (χ0n) is 19.8. The number of aromatic nitrogens is 6. The number of halogens is 3. The molecule has 0 saturated heterocycles. The van der Waals surface area contributed by atoms with Crippen molar-refractivity contribution in [2.45, 2.75) is 25.4 Å². The van der Waals surface area contributed by atoms with Gasteiger partial charge in [0.05, 0.1) is 35.4 Å². The standard InChI is InChI=1S/C25H22F3N7O2/c1-29-8-2-9-33-20-12-30-24(34-13-31-17-6-3-14(26)11-19(17)34)32-23(20)35(25(33)36)18-7-10-37-22-16(28)5-4-15(27)21(18)22/h3-6,11-13,18,29H,2,7-10H2,1H3/t18-/m1/s1. The fourth-order valence-corrected chi connectivity index (χ4v) is 4.90. The second kappa shape index (κ2) is 9.04. The molecule has 1 N–H and O–H groups in total. The summed E-state index contributed by atoms with van der Waals surface area (Å²) in [7, 11) is 1.82. The van der Waals surface area contributed by atoms with E-state index >= 15 is 4.39 Å². The van der Waals surface area contributed by atoms with Crippen LogP contribution < -0.4 is 15.7 Å². The highest BCUT2D eigenvalue weighted by atomic mass is 19.1. The van der Waals surface area contributed by atoms with Gasteiger partial charge in [0.2, 0.25) is 5.95 Å². The Morgan fingerprint density at radius 2 is 1.95 bits per heavy atom. The van der Waals surface area contributed by atoms with Gasteiger partial charge in [-0.05, 0) is 44.3 Å². The average Bonchev–Trinajstić information content (AvgIpc) is 3.43. The fourth-order valence-electron chi connectivity index (χ4n) is 4.90. The molecule has 2 aromatic carbocycles. The summed E-state index contributed by atoms with van der Waals surface area (Å²) in [5, 5.41) is 3.05. The predicted octanol–water partition coefficient (Wildman–Crippen LogP) is 3.33. The Morgan fingerprint density at radius 3 is 2.78 bits per heavy atom. The largest absolute Gasteiger partial charge is 0.490 e. The summed E-state index contributed by atoms with van der Waals surface area (Å²) in [5.41, 5.74) is 1.25. The van der Waals surface area contributed by atoms with Crippen molar-refractivity contribution in [3.8, 4) is 11.7 Å². The van der Waals surface area contributed by atoms with Crippen LogP contribution in [0.25, 0.3) is 28.1 Å². The summed E-state index contributed by atoms with van der Waals surface area (Å²) in [6, 6.07) is 5.36. The van der Waals surface area contributed by atoms with E-state index in [1.807, 2.05) is 7.05 Å². The lowest BCUT2D eigenvalue weighted by Gasteiger charge is -2.27. The van der Waals surface area contributed by atoms with Crippen LogP contribution in [0.3, 0.4) is 0 Å². The van der Waals surface area contributed by atoms with Gasteiger partial charge in [0, 0.05) is 19.0 Å². The fraction of sp³-hybridized carbons (Fsp3) is 0.280. The molecule has 0 saturated carbocycles. The van der Waals surface area contributed by atoms with Crippen LogP contribution >= 0.6 is 0 Å². The van der Waals surface area contributed by atoms with Gasteiger partial charge >= 0.3 is 5.69 Å². The van der Waals surface area contributed by atoms with Gasteiger partial charge in [0.25, 0.3) is 0 Å². The van der Waals surface area contributed by atoms with Crippen LogP contribution in [-0.4, -0.2) is 48.9 Å². The molecule has 4 heterocycles. The van der Waals surface area contributed by atoms with Crippen molar-refractivity contribution in [3.63, 3.8) is 0 Å². The Morgan fingerprint density at radius 1 is 1.11 bits per heavy atom. The number of imidazole rings is 2. The molecular formula is C25H22F3N7O2. The van der Waals surface area contributed by atoms with Crippen LogP contribution in [0.1, 0.15) is 24.4 Å². The molecule has 3 aromatic heterocycles. The van der Waals surface area contributed by atoms with Crippen molar-refractivity contribution in [1.29, 1.82) is 0 Å². The van der Waals surface area contributed by atoms with Crippen LogP contribution in [0.2, 0.25) is 0 Å². The molecule has 5 aromatic rings. The predicted molar refractivity (Wildman–Crippen MR) is 130 cm³/mol. The second-order valence-corrected chi connectivity index (χ2v) is 8.81. The number of rotatable bonds is 6. The number of hydrogen-bond donors (Lipinski definition) is 1. The molecule has 1 aliphatic heterocycles. The molecule has 190 valence electrons. The van der Waals surface area contributed by atoms with E-state index in [9.17, 15) is 13.6 Å². The minimum atomic E-state index is -0.847. The van der Waals surface area contributed by atoms with E-state index in [1.54, 1.807) is 6.07 Å². The third kappa shape index (κ3) is 3.75. The van der Waals surface area contributed by atoms with E-state index in [0.29, 0.717) is 36.1 Å². The summed E-state index contributed by atoms with van der Waals surface area (Å²) in [4.78, 5) is 27.1. The maximum Gasteiger partial charge on any atom is 0.330 e. The SMILES string of the molecule is CNCCCn1c(=O)n([C@@H]2CCOc3c(F)ccc(F)c32)c2nc(-n3cnc4ccc(F)cc43)ncc21. The summed E-state index contributed by atoms with van der Waals surface area (Å²) in [6.45, 7) is 1.14. The number of hydrogen-bond acceptors (Lipinski definition) is 6. The van der Waals surface area contributed by atoms with Gasteiger partial charge in [0.15, 0.2) is 17.2 Å². The molecule has 0 fully saturated rings. The summed E-state index contributed by atoms with van der Waals surface area (Å²) >= 11 is 0. The lowest BCUT2D eigenvalue weighted by Crippen LogP contribution is -2.32. The van der Waals surface area contributed by atoms with Crippen molar-refractivity contribution in [3.05, 3.63) is 76.4 Å². The summed E-state index contributed by atoms with van der Waals surface area (Å²) in [6.07, 6.45) is 3.87. The van der Waals surface area contributed by atoms with Gasteiger partial charge in [0.1, 0.15) is 23.5 Å². The first kappa shape index (κ1) is 23.2. The topological polar surface area (TPSA) is 91.8 Å². The van der Waals surface area contributed by atoms with Crippen LogP contribution in [-0.2, 0) is 6.54 Å². The van der Waals surface area contributed by atoms with E-state index in [2.05, 4.69) is 20.3 Å². The van der Waals surface area contributed by atoms with Gasteiger partial charge in [-0.25, -0.2) is 27.9 Å². The van der Waals surface area contributed by atoms with E-state index in [4.69, 9.17) is 4.74 Å². The molecule has 0 bridgehead atoms. The van der Waals surface area contributed by atoms with Crippen molar-refractivity contribution in [2.24, 2.45) is 0 Å². The Labute approximate surface area is 208 Å². The zero-order valence-corrected chi connectivity index (χ0v) is 19.8. The Hall–Kier alpha value is -4.19. The van der Waals surface area contributed by atoms with Gasteiger partial charge < -0.3 is 10.1 Å². The minimum Gasteiger partial charge on any atom is -0.490 e. The van der Waals surface area contributed by atoms with E-state index in [0.717, 1.165) is 12.1 Å². The Kier molecular flexibility index (Phi) is 5.67. The van der Waals surface area contributed by atoms with Crippen LogP contribution in [0.5, 0.6) is 5.75 Å². The number of aryl methyl sites for hydroxylation is 1. The highest BCUT2D eigenvalue weighted by molar-refractivity contribution is 5.78. The van der Waals surface area contributed by atoms with Crippen molar-refractivity contribution >= 4 is 22.2 Å². The lowest BCUT2D eigenvalue weighted by molar-refractivity contribution is 0.238. The molecule has 9 nitrogen and oxygen atoms in total. The molecule has 1 atom stereocenters. The number of nitrogens with one attached hydrogen (secondary N) is 1. The third-order valence-corrected chi connectivity index (χ3v) is 6.60. The molecule has 6 rings (SSSR count). The number of fused-ring (bicyclic) bond motifs is 3. The summed E-state index contributed by atoms with van der Waals surface area (Å²) < 4.78 is 53.4. The smallest absolute Gasteiger partial charge is 0.330 e. The molecule has 0 spiro atoms. The molecule has 0 radical (unpaired) electrons. The van der Waals surface area contributed by atoms with Crippen molar-refractivity contribution < 1.29 is 17.9 Å². The van der Waals surface area contributed by atoms with Crippen LogP contribution in [0, 0.1) is 17.5 Å². The van der Waals surface area contributed by atoms with Gasteiger partial charge in [-0.2, -0.15) is 4.98 Å². The minimum absolute atomic E-state index is 0.0297.